The van der Waals surface area contributed by atoms with Crippen LogP contribution in [0.15, 0.2) is 30.5 Å². The number of hydrogen-bond donors (Lipinski definition) is 1. The summed E-state index contributed by atoms with van der Waals surface area (Å²) in [5.74, 6) is 1.09. The number of nitrogens with two attached hydrogens (primary N) is 1. The Hall–Kier alpha value is -1.74. The van der Waals surface area contributed by atoms with E-state index >= 15 is 0 Å². The molecule has 3 nitrogen and oxygen atoms in total. The van der Waals surface area contributed by atoms with Gasteiger partial charge in [0.15, 0.2) is 0 Å². The molecule has 17 heavy (non-hydrogen) atoms. The summed E-state index contributed by atoms with van der Waals surface area (Å²) < 4.78 is 5.63. The van der Waals surface area contributed by atoms with E-state index in [1.807, 2.05) is 26.0 Å². The smallest absolute Gasteiger partial charge is 0.238 e. The highest BCUT2D eigenvalue weighted by Gasteiger charge is 2.06. The van der Waals surface area contributed by atoms with E-state index in [1.165, 1.54) is 6.20 Å². The minimum Gasteiger partial charge on any atom is -0.438 e. The summed E-state index contributed by atoms with van der Waals surface area (Å²) >= 11 is 5.99. The van der Waals surface area contributed by atoms with Crippen molar-refractivity contribution in [3.8, 4) is 11.6 Å². The number of benzene rings is 1. The molecule has 0 amide bonds. The van der Waals surface area contributed by atoms with E-state index in [-0.39, 0.29) is 0 Å². The van der Waals surface area contributed by atoms with Crippen molar-refractivity contribution < 1.29 is 4.74 Å². The zero-order valence-electron chi connectivity index (χ0n) is 9.70. The Morgan fingerprint density at radius 1 is 1.12 bits per heavy atom. The second kappa shape index (κ2) is 4.63. The number of nitrogens with zero attached hydrogens (tertiary/aromatic N) is 1. The summed E-state index contributed by atoms with van der Waals surface area (Å²) in [6.07, 6.45) is 1.52. The van der Waals surface area contributed by atoms with Crippen molar-refractivity contribution in [3.63, 3.8) is 0 Å². The lowest BCUT2D eigenvalue weighted by Crippen LogP contribution is -1.92. The predicted molar refractivity (Wildman–Crippen MR) is 69.6 cm³/mol. The van der Waals surface area contributed by atoms with E-state index in [1.54, 1.807) is 6.07 Å². The van der Waals surface area contributed by atoms with E-state index in [0.717, 1.165) is 16.9 Å². The van der Waals surface area contributed by atoms with Crippen LogP contribution in [0, 0.1) is 13.8 Å². The van der Waals surface area contributed by atoms with Crippen LogP contribution in [0.4, 0.5) is 5.69 Å². The lowest BCUT2D eigenvalue weighted by molar-refractivity contribution is 0.462. The van der Waals surface area contributed by atoms with E-state index < -0.39 is 0 Å². The Labute approximate surface area is 105 Å². The molecular formula is C13H13ClN2O. The second-order valence-electron chi connectivity index (χ2n) is 3.98. The molecule has 0 fully saturated rings. The van der Waals surface area contributed by atoms with Crippen LogP contribution in [0.1, 0.15) is 11.1 Å². The molecule has 0 radical (unpaired) electrons. The Morgan fingerprint density at radius 3 is 2.35 bits per heavy atom. The molecule has 1 heterocycles. The molecule has 2 aromatic rings. The molecule has 2 N–H and O–H groups in total. The molecule has 1 aromatic carbocycles. The summed E-state index contributed by atoms with van der Waals surface area (Å²) in [5.41, 5.74) is 8.35. The number of rotatable bonds is 2. The molecule has 0 unspecified atom stereocenters. The maximum atomic E-state index is 5.99. The van der Waals surface area contributed by atoms with Gasteiger partial charge in [-0.25, -0.2) is 4.98 Å². The molecule has 4 heteroatoms. The van der Waals surface area contributed by atoms with Gasteiger partial charge in [-0.15, -0.1) is 0 Å². The average molecular weight is 249 g/mol. The number of ether oxygens (including phenoxy) is 1. The first-order valence-corrected chi connectivity index (χ1v) is 5.59. The van der Waals surface area contributed by atoms with Gasteiger partial charge in [-0.3, -0.25) is 0 Å². The first kappa shape index (κ1) is 11.7. The highest BCUT2D eigenvalue weighted by atomic mass is 35.5. The predicted octanol–water partition coefficient (Wildman–Crippen LogP) is 3.73. The van der Waals surface area contributed by atoms with Crippen LogP contribution in [0.3, 0.4) is 0 Å². The maximum Gasteiger partial charge on any atom is 0.238 e. The fourth-order valence-electron chi connectivity index (χ4n) is 1.62. The Kier molecular flexibility index (Phi) is 3.20. The van der Waals surface area contributed by atoms with E-state index in [4.69, 9.17) is 22.1 Å². The van der Waals surface area contributed by atoms with Gasteiger partial charge in [0.2, 0.25) is 5.88 Å². The number of aromatic nitrogens is 1. The van der Waals surface area contributed by atoms with Crippen molar-refractivity contribution in [2.45, 2.75) is 13.8 Å². The van der Waals surface area contributed by atoms with Crippen LogP contribution in [-0.4, -0.2) is 4.98 Å². The Morgan fingerprint density at radius 2 is 1.76 bits per heavy atom. The molecule has 2 rings (SSSR count). The normalized spacial score (nSPS) is 10.3. The number of aryl methyl sites for hydroxylation is 2. The van der Waals surface area contributed by atoms with Gasteiger partial charge in [-0.05, 0) is 43.2 Å². The molecule has 88 valence electrons. The first-order valence-electron chi connectivity index (χ1n) is 5.22. The van der Waals surface area contributed by atoms with Gasteiger partial charge in [0.1, 0.15) is 10.8 Å². The second-order valence-corrected chi connectivity index (χ2v) is 4.39. The SMILES string of the molecule is Cc1cc(C)cc(Oc2ncc(N)cc2Cl)c1. The standard InChI is InChI=1S/C13H13ClN2O/c1-8-3-9(2)5-11(4-8)17-13-12(14)6-10(15)7-16-13/h3-7H,15H2,1-2H3. The monoisotopic (exact) mass is 248 g/mol. The van der Waals surface area contributed by atoms with E-state index in [9.17, 15) is 0 Å². The summed E-state index contributed by atoms with van der Waals surface area (Å²) in [7, 11) is 0. The van der Waals surface area contributed by atoms with Gasteiger partial charge in [0.05, 0.1) is 11.9 Å². The Balaban J connectivity index is 2.31. The maximum absolute atomic E-state index is 5.99. The van der Waals surface area contributed by atoms with Gasteiger partial charge in [0, 0.05) is 0 Å². The summed E-state index contributed by atoms with van der Waals surface area (Å²) in [5, 5.41) is 0.407. The summed E-state index contributed by atoms with van der Waals surface area (Å²) in [6, 6.07) is 7.56. The number of halogens is 1. The quantitative estimate of drug-likeness (QED) is 0.881. The molecule has 0 aliphatic carbocycles. The number of nitrogen functional groups attached to an aromatic ring is 1. The van der Waals surface area contributed by atoms with Crippen molar-refractivity contribution in [2.24, 2.45) is 0 Å². The van der Waals surface area contributed by atoms with Crippen LogP contribution in [0.5, 0.6) is 11.6 Å². The van der Waals surface area contributed by atoms with Crippen LogP contribution in [0.2, 0.25) is 5.02 Å². The summed E-state index contributed by atoms with van der Waals surface area (Å²) in [4.78, 5) is 4.05. The molecular weight excluding hydrogens is 236 g/mol. The Bertz CT molecular complexity index is 535. The highest BCUT2D eigenvalue weighted by Crippen LogP contribution is 2.29. The summed E-state index contributed by atoms with van der Waals surface area (Å²) in [6.45, 7) is 4.02. The number of pyridine rings is 1. The molecule has 1 aromatic heterocycles. The van der Waals surface area contributed by atoms with Gasteiger partial charge in [-0.2, -0.15) is 0 Å². The van der Waals surface area contributed by atoms with Crippen molar-refractivity contribution >= 4 is 17.3 Å². The van der Waals surface area contributed by atoms with Gasteiger partial charge in [0.25, 0.3) is 0 Å². The van der Waals surface area contributed by atoms with E-state index in [2.05, 4.69) is 11.1 Å². The largest absolute Gasteiger partial charge is 0.438 e. The highest BCUT2D eigenvalue weighted by molar-refractivity contribution is 6.32. The van der Waals surface area contributed by atoms with Crippen LogP contribution >= 0.6 is 11.6 Å². The third kappa shape index (κ3) is 2.88. The molecule has 0 bridgehead atoms. The van der Waals surface area contributed by atoms with Gasteiger partial charge in [-0.1, -0.05) is 17.7 Å². The van der Waals surface area contributed by atoms with Gasteiger partial charge >= 0.3 is 0 Å². The van der Waals surface area contributed by atoms with Crippen molar-refractivity contribution in [3.05, 3.63) is 46.6 Å². The zero-order valence-corrected chi connectivity index (χ0v) is 10.5. The number of hydrogen-bond acceptors (Lipinski definition) is 3. The minimum absolute atomic E-state index is 0.367. The lowest BCUT2D eigenvalue weighted by atomic mass is 10.1. The first-order chi connectivity index (χ1) is 8.04. The fourth-order valence-corrected chi connectivity index (χ4v) is 1.83. The van der Waals surface area contributed by atoms with Crippen LogP contribution < -0.4 is 10.5 Å². The molecule has 0 aliphatic rings. The van der Waals surface area contributed by atoms with Crippen LogP contribution in [0.25, 0.3) is 0 Å². The van der Waals surface area contributed by atoms with Crippen molar-refractivity contribution in [2.75, 3.05) is 5.73 Å². The van der Waals surface area contributed by atoms with E-state index in [0.29, 0.717) is 16.6 Å². The van der Waals surface area contributed by atoms with Gasteiger partial charge < -0.3 is 10.5 Å². The topological polar surface area (TPSA) is 48.1 Å². The van der Waals surface area contributed by atoms with Crippen molar-refractivity contribution in [1.82, 2.24) is 4.98 Å². The molecule has 0 aliphatic heterocycles. The zero-order chi connectivity index (χ0) is 12.4. The fraction of sp³-hybridized carbons (Fsp3) is 0.154. The minimum atomic E-state index is 0.367. The average Bonchev–Trinajstić information content (AvgIpc) is 2.21. The third-order valence-corrected chi connectivity index (χ3v) is 2.51. The molecule has 0 saturated heterocycles. The number of anilines is 1. The third-order valence-electron chi connectivity index (χ3n) is 2.24. The molecule has 0 atom stereocenters. The van der Waals surface area contributed by atoms with Crippen molar-refractivity contribution in [1.29, 1.82) is 0 Å². The molecule has 0 saturated carbocycles. The lowest BCUT2D eigenvalue weighted by Gasteiger charge is -2.08. The van der Waals surface area contributed by atoms with Crippen LogP contribution in [-0.2, 0) is 0 Å². The molecule has 0 spiro atoms.